The van der Waals surface area contributed by atoms with E-state index in [9.17, 15) is 8.42 Å². The largest absolute Gasteiger partial charge is 0.281 e. The number of aryl methyl sites for hydroxylation is 1. The smallest absolute Gasteiger partial charge is 0.199 e. The molecule has 0 heterocycles. The second-order valence-corrected chi connectivity index (χ2v) is 16.3. The summed E-state index contributed by atoms with van der Waals surface area (Å²) >= 11 is 0. The molecule has 3 nitrogen and oxygen atoms in total. The summed E-state index contributed by atoms with van der Waals surface area (Å²) in [6, 6.07) is 7.02. The molecule has 6 heteroatoms. The fourth-order valence-electron chi connectivity index (χ4n) is 2.50. The number of benzene rings is 1. The molecule has 21 heavy (non-hydrogen) atoms. The molecule has 0 unspecified atom stereocenters. The van der Waals surface area contributed by atoms with E-state index in [0.29, 0.717) is 4.90 Å². The highest BCUT2D eigenvalue weighted by Crippen LogP contribution is 2.77. The maximum atomic E-state index is 12.7. The quantitative estimate of drug-likeness (QED) is 0.623. The molecule has 1 rings (SSSR count). The van der Waals surface area contributed by atoms with Crippen molar-refractivity contribution in [1.82, 2.24) is 0 Å². The standard InChI is InChI=1S/C15H27NO2P2S/c1-6-19(7-2)20(8-3,9-4)16-21(17,18)15-12-10-14(5)11-13-15/h10-13H,6-9H2,1-5H3. The summed E-state index contributed by atoms with van der Waals surface area (Å²) in [6.07, 6.45) is 3.91. The molecule has 0 atom stereocenters. The first kappa shape index (κ1) is 18.9. The van der Waals surface area contributed by atoms with E-state index in [-0.39, 0.29) is 7.61 Å². The van der Waals surface area contributed by atoms with Crippen LogP contribution in [0.25, 0.3) is 0 Å². The van der Waals surface area contributed by atoms with Crippen LogP contribution in [0.5, 0.6) is 0 Å². The van der Waals surface area contributed by atoms with Crippen LogP contribution in [-0.4, -0.2) is 33.1 Å². The van der Waals surface area contributed by atoms with E-state index in [0.717, 1.165) is 30.2 Å². The molecule has 0 spiro atoms. The maximum absolute atomic E-state index is 12.7. The average molecular weight is 347 g/mol. The van der Waals surface area contributed by atoms with Crippen molar-refractivity contribution in [3.63, 3.8) is 0 Å². The Hall–Kier alpha value is -0.170. The lowest BCUT2D eigenvalue weighted by Crippen LogP contribution is -2.01. The zero-order valence-electron chi connectivity index (χ0n) is 13.7. The Kier molecular flexibility index (Phi) is 7.10. The summed E-state index contributed by atoms with van der Waals surface area (Å²) in [5.41, 5.74) is 1.06. The van der Waals surface area contributed by atoms with Gasteiger partial charge in [0, 0.05) is 6.74 Å². The highest BCUT2D eigenvalue weighted by Gasteiger charge is 2.28. The predicted octanol–water partition coefficient (Wildman–Crippen LogP) is 5.36. The Balaban J connectivity index is 3.42. The number of sulfonamides is 1. The van der Waals surface area contributed by atoms with Gasteiger partial charge >= 0.3 is 0 Å². The van der Waals surface area contributed by atoms with Crippen molar-refractivity contribution >= 4 is 24.4 Å². The lowest BCUT2D eigenvalue weighted by molar-refractivity contribution is 0.598. The van der Waals surface area contributed by atoms with Crippen molar-refractivity contribution in [3.8, 4) is 0 Å². The van der Waals surface area contributed by atoms with Crippen molar-refractivity contribution in [1.29, 1.82) is 0 Å². The SMILES string of the molecule is CCP(CC)P(CC)(CC)=NS(=O)(=O)c1ccc(C)cc1. The van der Waals surface area contributed by atoms with E-state index in [4.69, 9.17) is 0 Å². The van der Waals surface area contributed by atoms with E-state index in [1.54, 1.807) is 12.1 Å². The minimum atomic E-state index is -3.53. The van der Waals surface area contributed by atoms with Gasteiger partial charge in [0.05, 0.1) is 4.90 Å². The normalized spacial score (nSPS) is 12.7. The van der Waals surface area contributed by atoms with E-state index >= 15 is 0 Å². The van der Waals surface area contributed by atoms with Crippen LogP contribution in [0.15, 0.2) is 33.3 Å². The van der Waals surface area contributed by atoms with Crippen LogP contribution in [0, 0.1) is 6.92 Å². The summed E-state index contributed by atoms with van der Waals surface area (Å²) in [6.45, 7) is 8.74. The van der Waals surface area contributed by atoms with Crippen LogP contribution < -0.4 is 0 Å². The Morgan fingerprint density at radius 3 is 1.86 bits per heavy atom. The molecular formula is C15H27NO2P2S. The second kappa shape index (κ2) is 7.90. The molecular weight excluding hydrogens is 320 g/mol. The van der Waals surface area contributed by atoms with Gasteiger partial charge < -0.3 is 0 Å². The molecule has 0 saturated heterocycles. The van der Waals surface area contributed by atoms with Crippen molar-refractivity contribution in [3.05, 3.63) is 29.8 Å². The number of rotatable bonds is 7. The first-order valence-corrected chi connectivity index (χ1v) is 13.5. The monoisotopic (exact) mass is 347 g/mol. The molecule has 0 fully saturated rings. The third kappa shape index (κ3) is 4.41. The van der Waals surface area contributed by atoms with E-state index in [1.807, 2.05) is 19.1 Å². The molecule has 0 aliphatic rings. The van der Waals surface area contributed by atoms with Gasteiger partial charge in [-0.1, -0.05) is 53.0 Å². The van der Waals surface area contributed by atoms with Crippen molar-refractivity contribution < 1.29 is 8.42 Å². The Bertz CT molecular complexity index is 597. The fourth-order valence-corrected chi connectivity index (χ4v) is 16.4. The second-order valence-electron chi connectivity index (χ2n) is 5.02. The van der Waals surface area contributed by atoms with Gasteiger partial charge in [0.15, 0.2) is 0 Å². The molecule has 0 N–H and O–H groups in total. The molecule has 120 valence electrons. The molecule has 0 amide bonds. The van der Waals surface area contributed by atoms with Crippen molar-refractivity contribution in [2.45, 2.75) is 39.5 Å². The number of nitrogens with zero attached hydrogens (tertiary/aromatic N) is 1. The maximum Gasteiger partial charge on any atom is 0.281 e. The van der Waals surface area contributed by atoms with Crippen LogP contribution in [-0.2, 0) is 10.0 Å². The zero-order chi connectivity index (χ0) is 16.1. The molecule has 0 aromatic heterocycles. The summed E-state index contributed by atoms with van der Waals surface area (Å²) < 4.78 is 29.9. The van der Waals surface area contributed by atoms with Gasteiger partial charge in [-0.3, -0.25) is 0 Å². The van der Waals surface area contributed by atoms with Gasteiger partial charge in [-0.05, 0) is 43.7 Å². The fraction of sp³-hybridized carbons (Fsp3) is 0.600. The highest BCUT2D eigenvalue weighted by molar-refractivity contribution is 8.35. The molecule has 0 aliphatic heterocycles. The summed E-state index contributed by atoms with van der Waals surface area (Å²) in [5.74, 6) is 0. The third-order valence-corrected chi connectivity index (χ3v) is 18.5. The minimum absolute atomic E-state index is 0.300. The van der Waals surface area contributed by atoms with Gasteiger partial charge in [0.1, 0.15) is 0 Å². The number of hydrogen-bond acceptors (Lipinski definition) is 2. The van der Waals surface area contributed by atoms with E-state index in [1.165, 1.54) is 0 Å². The van der Waals surface area contributed by atoms with Gasteiger partial charge in [0.25, 0.3) is 10.0 Å². The average Bonchev–Trinajstić information content (AvgIpc) is 2.47. The molecule has 1 aromatic rings. The van der Waals surface area contributed by atoms with Crippen LogP contribution in [0.2, 0.25) is 0 Å². The van der Waals surface area contributed by atoms with E-state index in [2.05, 4.69) is 31.8 Å². The molecule has 1 aromatic carbocycles. The molecule has 0 bridgehead atoms. The van der Waals surface area contributed by atoms with Crippen LogP contribution in [0.4, 0.5) is 0 Å². The van der Waals surface area contributed by atoms with Crippen LogP contribution >= 0.6 is 14.4 Å². The van der Waals surface area contributed by atoms with Gasteiger partial charge in [-0.2, -0.15) is 12.6 Å². The zero-order valence-corrected chi connectivity index (χ0v) is 16.3. The first-order chi connectivity index (χ1) is 9.85. The molecule has 0 saturated carbocycles. The summed E-state index contributed by atoms with van der Waals surface area (Å²) in [4.78, 5) is 0.335. The van der Waals surface area contributed by atoms with Crippen molar-refractivity contribution in [2.24, 2.45) is 4.15 Å². The van der Waals surface area contributed by atoms with Crippen molar-refractivity contribution in [2.75, 3.05) is 24.6 Å². The first-order valence-electron chi connectivity index (χ1n) is 7.53. The molecule has 0 radical (unpaired) electrons. The Morgan fingerprint density at radius 1 is 1.00 bits per heavy atom. The Morgan fingerprint density at radius 2 is 1.48 bits per heavy atom. The van der Waals surface area contributed by atoms with Crippen LogP contribution in [0.3, 0.4) is 0 Å². The van der Waals surface area contributed by atoms with E-state index < -0.39 is 16.8 Å². The van der Waals surface area contributed by atoms with Gasteiger partial charge in [-0.15, -0.1) is 0 Å². The Labute approximate surface area is 131 Å². The van der Waals surface area contributed by atoms with Crippen LogP contribution in [0.1, 0.15) is 33.3 Å². The lowest BCUT2D eigenvalue weighted by atomic mass is 10.2. The third-order valence-electron chi connectivity index (χ3n) is 3.85. The lowest BCUT2D eigenvalue weighted by Gasteiger charge is -2.30. The molecule has 0 aliphatic carbocycles. The minimum Gasteiger partial charge on any atom is -0.199 e. The highest BCUT2D eigenvalue weighted by atomic mass is 32.2. The van der Waals surface area contributed by atoms with Gasteiger partial charge in [0.2, 0.25) is 0 Å². The number of hydrogen-bond donors (Lipinski definition) is 0. The topological polar surface area (TPSA) is 46.5 Å². The van der Waals surface area contributed by atoms with Gasteiger partial charge in [-0.25, -0.2) is 0 Å². The summed E-state index contributed by atoms with van der Waals surface area (Å²) in [7, 11) is -3.83. The summed E-state index contributed by atoms with van der Waals surface area (Å²) in [5, 5.41) is 0. The predicted molar refractivity (Wildman–Crippen MR) is 96.8 cm³/mol.